The number of aromatic nitrogens is 4. The molecule has 0 atom stereocenters. The Balaban J connectivity index is 0.00000289. The molecular formula is C23H25Cl2N5OS. The van der Waals surface area contributed by atoms with Gasteiger partial charge in [0.1, 0.15) is 12.4 Å². The molecule has 0 spiro atoms. The van der Waals surface area contributed by atoms with E-state index in [4.69, 9.17) is 16.3 Å². The number of ether oxygens (including phenoxy) is 1. The van der Waals surface area contributed by atoms with Crippen molar-refractivity contribution in [3.05, 3.63) is 76.8 Å². The summed E-state index contributed by atoms with van der Waals surface area (Å²) in [6.45, 7) is 2.15. The molecule has 0 amide bonds. The van der Waals surface area contributed by atoms with Crippen molar-refractivity contribution in [2.45, 2.75) is 24.7 Å². The first-order valence-corrected chi connectivity index (χ1v) is 11.5. The van der Waals surface area contributed by atoms with Crippen molar-refractivity contribution in [3.63, 3.8) is 0 Å². The van der Waals surface area contributed by atoms with Gasteiger partial charge in [0.25, 0.3) is 0 Å². The number of thioether (sulfide) groups is 1. The third-order valence-corrected chi connectivity index (χ3v) is 6.27. The summed E-state index contributed by atoms with van der Waals surface area (Å²) in [4.78, 5) is 0. The van der Waals surface area contributed by atoms with E-state index in [1.54, 1.807) is 16.4 Å². The summed E-state index contributed by atoms with van der Waals surface area (Å²) in [6.07, 6.45) is 1.02. The number of rotatable bonds is 10. The second-order valence-corrected chi connectivity index (χ2v) is 8.64. The van der Waals surface area contributed by atoms with Crippen molar-refractivity contribution in [3.8, 4) is 5.75 Å². The van der Waals surface area contributed by atoms with Crippen LogP contribution in [0.5, 0.6) is 5.75 Å². The first-order chi connectivity index (χ1) is 15.2. The first-order valence-electron chi connectivity index (χ1n) is 10.1. The van der Waals surface area contributed by atoms with Crippen LogP contribution in [-0.4, -0.2) is 32.5 Å². The van der Waals surface area contributed by atoms with E-state index in [-0.39, 0.29) is 12.4 Å². The second kappa shape index (κ2) is 12.1. The molecule has 32 heavy (non-hydrogen) atoms. The van der Waals surface area contributed by atoms with Crippen LogP contribution in [0, 0.1) is 0 Å². The molecule has 4 aromatic rings. The van der Waals surface area contributed by atoms with Crippen molar-refractivity contribution in [2.24, 2.45) is 7.05 Å². The molecule has 0 radical (unpaired) electrons. The van der Waals surface area contributed by atoms with E-state index in [9.17, 15) is 0 Å². The molecule has 3 aromatic carbocycles. The standard InChI is InChI=1S/C23H24ClN5OS.ClH/c1-29-23(26-27-28-29)31-14-4-13-25-15-21-20-6-3-2-5-18(20)9-12-22(21)30-16-17-7-10-19(24)11-8-17;/h2-3,5-12,25H,4,13-16H2,1H3;1H. The number of tetrazole rings is 1. The molecule has 168 valence electrons. The van der Waals surface area contributed by atoms with Crippen molar-refractivity contribution >= 4 is 46.5 Å². The Morgan fingerprint density at radius 3 is 2.66 bits per heavy atom. The van der Waals surface area contributed by atoms with Crippen molar-refractivity contribution in [1.29, 1.82) is 0 Å². The Morgan fingerprint density at radius 1 is 1.06 bits per heavy atom. The number of hydrogen-bond donors (Lipinski definition) is 1. The molecule has 9 heteroatoms. The minimum absolute atomic E-state index is 0. The fraction of sp³-hybridized carbons (Fsp3) is 0.261. The Bertz CT molecular complexity index is 1140. The SMILES string of the molecule is Cl.Cn1nnnc1SCCCNCc1c(OCc2ccc(Cl)cc2)ccc2ccccc12. The molecule has 0 aliphatic rings. The first kappa shape index (κ1) is 24.3. The van der Waals surface area contributed by atoms with E-state index in [0.29, 0.717) is 6.61 Å². The Kier molecular flexibility index (Phi) is 9.17. The van der Waals surface area contributed by atoms with E-state index >= 15 is 0 Å². The van der Waals surface area contributed by atoms with E-state index in [0.717, 1.165) is 46.8 Å². The Morgan fingerprint density at radius 2 is 1.88 bits per heavy atom. The maximum Gasteiger partial charge on any atom is 0.209 e. The highest BCUT2D eigenvalue weighted by Gasteiger charge is 2.09. The molecule has 0 aliphatic carbocycles. The van der Waals surface area contributed by atoms with Gasteiger partial charge in [0, 0.05) is 29.9 Å². The summed E-state index contributed by atoms with van der Waals surface area (Å²) in [5.41, 5.74) is 2.27. The van der Waals surface area contributed by atoms with Crippen LogP contribution in [0.2, 0.25) is 5.02 Å². The zero-order valence-corrected chi connectivity index (χ0v) is 20.1. The van der Waals surface area contributed by atoms with Crippen molar-refractivity contribution < 1.29 is 4.74 Å². The molecule has 6 nitrogen and oxygen atoms in total. The van der Waals surface area contributed by atoms with Crippen LogP contribution >= 0.6 is 35.8 Å². The quantitative estimate of drug-likeness (QED) is 0.241. The predicted octanol–water partition coefficient (Wildman–Crippen LogP) is 5.29. The molecule has 1 heterocycles. The van der Waals surface area contributed by atoms with Crippen LogP contribution in [0.1, 0.15) is 17.5 Å². The summed E-state index contributed by atoms with van der Waals surface area (Å²) < 4.78 is 7.89. The maximum absolute atomic E-state index is 6.20. The van der Waals surface area contributed by atoms with Gasteiger partial charge in [0.15, 0.2) is 0 Å². The van der Waals surface area contributed by atoms with Crippen LogP contribution in [-0.2, 0) is 20.2 Å². The van der Waals surface area contributed by atoms with E-state index in [2.05, 4.69) is 57.2 Å². The molecule has 1 aromatic heterocycles. The normalized spacial score (nSPS) is 10.8. The second-order valence-electron chi connectivity index (χ2n) is 7.14. The van der Waals surface area contributed by atoms with E-state index < -0.39 is 0 Å². The van der Waals surface area contributed by atoms with Gasteiger partial charge in [-0.05, 0) is 57.9 Å². The lowest BCUT2D eigenvalue weighted by Crippen LogP contribution is -2.16. The zero-order valence-electron chi connectivity index (χ0n) is 17.7. The lowest BCUT2D eigenvalue weighted by molar-refractivity contribution is 0.303. The van der Waals surface area contributed by atoms with Gasteiger partial charge in [0.05, 0.1) is 0 Å². The fourth-order valence-electron chi connectivity index (χ4n) is 3.29. The van der Waals surface area contributed by atoms with Crippen LogP contribution in [0.15, 0.2) is 65.8 Å². The Labute approximate surface area is 203 Å². The topological polar surface area (TPSA) is 64.9 Å². The minimum Gasteiger partial charge on any atom is -0.489 e. The van der Waals surface area contributed by atoms with Gasteiger partial charge in [-0.3, -0.25) is 0 Å². The third kappa shape index (κ3) is 6.36. The average Bonchev–Trinajstić information content (AvgIpc) is 3.20. The molecule has 0 fully saturated rings. The summed E-state index contributed by atoms with van der Waals surface area (Å²) >= 11 is 7.65. The molecule has 4 rings (SSSR count). The number of halogens is 2. The van der Waals surface area contributed by atoms with Crippen LogP contribution in [0.3, 0.4) is 0 Å². The number of benzene rings is 3. The minimum atomic E-state index is 0. The molecule has 1 N–H and O–H groups in total. The van der Waals surface area contributed by atoms with Gasteiger partial charge in [-0.25, -0.2) is 4.68 Å². The summed E-state index contributed by atoms with van der Waals surface area (Å²) in [7, 11) is 1.85. The van der Waals surface area contributed by atoms with Gasteiger partial charge in [-0.15, -0.1) is 17.5 Å². The fourth-order valence-corrected chi connectivity index (χ4v) is 4.21. The lowest BCUT2D eigenvalue weighted by atomic mass is 10.0. The van der Waals surface area contributed by atoms with E-state index in [1.807, 2.05) is 31.3 Å². The maximum atomic E-state index is 6.20. The largest absolute Gasteiger partial charge is 0.489 e. The summed E-state index contributed by atoms with van der Waals surface area (Å²) in [5.74, 6) is 1.86. The average molecular weight is 490 g/mol. The van der Waals surface area contributed by atoms with Gasteiger partial charge in [0.2, 0.25) is 5.16 Å². The summed E-state index contributed by atoms with van der Waals surface area (Å²) in [5, 5.41) is 19.1. The smallest absolute Gasteiger partial charge is 0.209 e. The zero-order chi connectivity index (χ0) is 21.5. The highest BCUT2D eigenvalue weighted by atomic mass is 35.5. The van der Waals surface area contributed by atoms with Crippen molar-refractivity contribution in [2.75, 3.05) is 12.3 Å². The molecule has 0 saturated carbocycles. The third-order valence-electron chi connectivity index (χ3n) is 4.92. The van der Waals surface area contributed by atoms with Crippen LogP contribution < -0.4 is 10.1 Å². The van der Waals surface area contributed by atoms with Crippen LogP contribution in [0.25, 0.3) is 10.8 Å². The number of fused-ring (bicyclic) bond motifs is 1. The van der Waals surface area contributed by atoms with Gasteiger partial charge in [-0.2, -0.15) is 0 Å². The number of hydrogen-bond acceptors (Lipinski definition) is 6. The highest BCUT2D eigenvalue weighted by Crippen LogP contribution is 2.29. The van der Waals surface area contributed by atoms with Crippen molar-refractivity contribution in [1.82, 2.24) is 25.5 Å². The van der Waals surface area contributed by atoms with Gasteiger partial charge in [-0.1, -0.05) is 65.8 Å². The molecule has 0 aliphatic heterocycles. The van der Waals surface area contributed by atoms with E-state index in [1.165, 1.54) is 16.3 Å². The monoisotopic (exact) mass is 489 g/mol. The molecule has 0 bridgehead atoms. The predicted molar refractivity (Wildman–Crippen MR) is 133 cm³/mol. The highest BCUT2D eigenvalue weighted by molar-refractivity contribution is 7.99. The molecule has 0 saturated heterocycles. The number of aryl methyl sites for hydroxylation is 1. The van der Waals surface area contributed by atoms with Gasteiger partial charge >= 0.3 is 0 Å². The molecule has 0 unspecified atom stereocenters. The molecular weight excluding hydrogens is 465 g/mol. The summed E-state index contributed by atoms with van der Waals surface area (Å²) in [6, 6.07) is 20.3. The van der Waals surface area contributed by atoms with Crippen LogP contribution in [0.4, 0.5) is 0 Å². The number of nitrogens with one attached hydrogen (secondary N) is 1. The number of nitrogens with zero attached hydrogens (tertiary/aromatic N) is 4. The lowest BCUT2D eigenvalue weighted by Gasteiger charge is -2.15. The Hall–Kier alpha value is -2.32. The van der Waals surface area contributed by atoms with Gasteiger partial charge < -0.3 is 10.1 Å².